The number of amides is 2. The number of aliphatic hydroxyl groups is 1. The van der Waals surface area contributed by atoms with E-state index in [1.165, 1.54) is 19.3 Å². The van der Waals surface area contributed by atoms with E-state index in [0.29, 0.717) is 13.0 Å². The molecule has 1 saturated carbocycles. The number of carbonyl (C=O) groups excluding carboxylic acids is 1. The van der Waals surface area contributed by atoms with Crippen LogP contribution in [0.4, 0.5) is 4.79 Å². The van der Waals surface area contributed by atoms with Crippen LogP contribution in [0.3, 0.4) is 0 Å². The number of hydrogen-bond acceptors (Lipinski definition) is 2. The van der Waals surface area contributed by atoms with Crippen molar-refractivity contribution in [3.8, 4) is 0 Å². The van der Waals surface area contributed by atoms with Gasteiger partial charge in [0.1, 0.15) is 0 Å². The SMILES string of the molecule is CC(O)CCNC(=O)NC1CCCCC1(C)C. The van der Waals surface area contributed by atoms with Gasteiger partial charge in [-0.05, 0) is 31.6 Å². The molecular formula is C13H26N2O2. The highest BCUT2D eigenvalue weighted by atomic mass is 16.3. The lowest BCUT2D eigenvalue weighted by molar-refractivity contribution is 0.163. The van der Waals surface area contributed by atoms with Crippen LogP contribution >= 0.6 is 0 Å². The molecule has 2 amide bonds. The molecule has 1 aliphatic rings. The number of nitrogens with one attached hydrogen (secondary N) is 2. The van der Waals surface area contributed by atoms with Crippen molar-refractivity contribution in [3.05, 3.63) is 0 Å². The van der Waals surface area contributed by atoms with Crippen LogP contribution in [0.1, 0.15) is 52.9 Å². The molecule has 17 heavy (non-hydrogen) atoms. The number of carbonyl (C=O) groups is 1. The van der Waals surface area contributed by atoms with Gasteiger partial charge in [0, 0.05) is 12.6 Å². The maximum absolute atomic E-state index is 11.7. The molecule has 0 radical (unpaired) electrons. The van der Waals surface area contributed by atoms with Gasteiger partial charge in [-0.25, -0.2) is 4.79 Å². The van der Waals surface area contributed by atoms with Gasteiger partial charge in [-0.15, -0.1) is 0 Å². The molecule has 1 rings (SSSR count). The second-order valence-electron chi connectivity index (χ2n) is 5.82. The lowest BCUT2D eigenvalue weighted by Crippen LogP contribution is -2.50. The van der Waals surface area contributed by atoms with E-state index in [1.807, 2.05) is 0 Å². The predicted molar refractivity (Wildman–Crippen MR) is 68.9 cm³/mol. The predicted octanol–water partition coefficient (Wildman–Crippen LogP) is 2.03. The molecule has 1 aliphatic carbocycles. The lowest BCUT2D eigenvalue weighted by Gasteiger charge is -2.38. The van der Waals surface area contributed by atoms with Crippen LogP contribution in [0.15, 0.2) is 0 Å². The first-order valence-electron chi connectivity index (χ1n) is 6.64. The van der Waals surface area contributed by atoms with Gasteiger partial charge in [-0.1, -0.05) is 26.7 Å². The standard InChI is InChI=1S/C13H26N2O2/c1-10(16)7-9-14-12(17)15-11-6-4-5-8-13(11,2)3/h10-11,16H,4-9H2,1-3H3,(H2,14,15,17). The zero-order valence-corrected chi connectivity index (χ0v) is 11.3. The third kappa shape index (κ3) is 4.94. The molecule has 4 heteroatoms. The minimum atomic E-state index is -0.360. The number of rotatable bonds is 4. The fourth-order valence-electron chi connectivity index (χ4n) is 2.37. The fraction of sp³-hybridized carbons (Fsp3) is 0.923. The minimum Gasteiger partial charge on any atom is -0.393 e. The van der Waals surface area contributed by atoms with Crippen molar-refractivity contribution < 1.29 is 9.90 Å². The maximum Gasteiger partial charge on any atom is 0.315 e. The zero-order valence-electron chi connectivity index (χ0n) is 11.3. The van der Waals surface area contributed by atoms with E-state index in [9.17, 15) is 4.79 Å². The van der Waals surface area contributed by atoms with Gasteiger partial charge in [0.25, 0.3) is 0 Å². The van der Waals surface area contributed by atoms with Crippen molar-refractivity contribution in [2.45, 2.75) is 65.0 Å². The van der Waals surface area contributed by atoms with Crippen LogP contribution in [-0.2, 0) is 0 Å². The molecule has 0 aliphatic heterocycles. The first-order valence-corrected chi connectivity index (χ1v) is 6.64. The first kappa shape index (κ1) is 14.3. The van der Waals surface area contributed by atoms with Crippen LogP contribution in [0.25, 0.3) is 0 Å². The van der Waals surface area contributed by atoms with Crippen LogP contribution < -0.4 is 10.6 Å². The molecule has 100 valence electrons. The van der Waals surface area contributed by atoms with Gasteiger partial charge in [-0.2, -0.15) is 0 Å². The molecule has 0 spiro atoms. The third-order valence-corrected chi connectivity index (χ3v) is 3.66. The van der Waals surface area contributed by atoms with Crippen LogP contribution in [0, 0.1) is 5.41 Å². The number of hydrogen-bond donors (Lipinski definition) is 3. The Bertz CT molecular complexity index is 252. The van der Waals surface area contributed by atoms with Crippen molar-refractivity contribution in [3.63, 3.8) is 0 Å². The molecule has 0 saturated heterocycles. The summed E-state index contributed by atoms with van der Waals surface area (Å²) in [6, 6.07) is 0.161. The summed E-state index contributed by atoms with van der Waals surface area (Å²) in [7, 11) is 0. The first-order chi connectivity index (χ1) is 7.92. The lowest BCUT2D eigenvalue weighted by atomic mass is 9.73. The summed E-state index contributed by atoms with van der Waals surface area (Å²) in [5, 5.41) is 14.9. The minimum absolute atomic E-state index is 0.106. The molecule has 0 heterocycles. The summed E-state index contributed by atoms with van der Waals surface area (Å²) >= 11 is 0. The highest BCUT2D eigenvalue weighted by Crippen LogP contribution is 2.35. The van der Waals surface area contributed by atoms with E-state index in [1.54, 1.807) is 6.92 Å². The van der Waals surface area contributed by atoms with E-state index < -0.39 is 0 Å². The second kappa shape index (κ2) is 6.24. The molecule has 0 aromatic carbocycles. The third-order valence-electron chi connectivity index (χ3n) is 3.66. The van der Waals surface area contributed by atoms with Gasteiger partial charge < -0.3 is 15.7 Å². The van der Waals surface area contributed by atoms with Gasteiger partial charge in [0.15, 0.2) is 0 Å². The average Bonchev–Trinajstić information content (AvgIpc) is 2.20. The quantitative estimate of drug-likeness (QED) is 0.706. The Morgan fingerprint density at radius 1 is 1.47 bits per heavy atom. The van der Waals surface area contributed by atoms with Crippen molar-refractivity contribution in [2.24, 2.45) is 5.41 Å². The number of urea groups is 1. The fourth-order valence-corrected chi connectivity index (χ4v) is 2.37. The Labute approximate surface area is 104 Å². The summed E-state index contributed by atoms with van der Waals surface area (Å²) < 4.78 is 0. The Hall–Kier alpha value is -0.770. The van der Waals surface area contributed by atoms with Gasteiger partial charge in [-0.3, -0.25) is 0 Å². The molecule has 4 nitrogen and oxygen atoms in total. The second-order valence-corrected chi connectivity index (χ2v) is 5.82. The largest absolute Gasteiger partial charge is 0.393 e. The monoisotopic (exact) mass is 242 g/mol. The van der Waals surface area contributed by atoms with E-state index in [2.05, 4.69) is 24.5 Å². The zero-order chi connectivity index (χ0) is 12.9. The molecule has 2 unspecified atom stereocenters. The van der Waals surface area contributed by atoms with Crippen molar-refractivity contribution >= 4 is 6.03 Å². The maximum atomic E-state index is 11.7. The molecular weight excluding hydrogens is 216 g/mol. The van der Waals surface area contributed by atoms with Crippen LogP contribution in [0.5, 0.6) is 0 Å². The summed E-state index contributed by atoms with van der Waals surface area (Å²) in [5.41, 5.74) is 0.194. The van der Waals surface area contributed by atoms with E-state index >= 15 is 0 Å². The molecule has 1 fully saturated rings. The smallest absolute Gasteiger partial charge is 0.315 e. The van der Waals surface area contributed by atoms with Crippen LogP contribution in [0.2, 0.25) is 0 Å². The molecule has 0 bridgehead atoms. The highest BCUT2D eigenvalue weighted by Gasteiger charge is 2.32. The van der Waals surface area contributed by atoms with E-state index in [0.717, 1.165) is 6.42 Å². The van der Waals surface area contributed by atoms with Gasteiger partial charge in [0.05, 0.1) is 6.10 Å². The highest BCUT2D eigenvalue weighted by molar-refractivity contribution is 5.74. The average molecular weight is 242 g/mol. The Balaban J connectivity index is 2.29. The summed E-state index contributed by atoms with van der Waals surface area (Å²) in [6.07, 6.45) is 4.93. The van der Waals surface area contributed by atoms with E-state index in [4.69, 9.17) is 5.11 Å². The van der Waals surface area contributed by atoms with Crippen molar-refractivity contribution in [1.82, 2.24) is 10.6 Å². The number of aliphatic hydroxyl groups excluding tert-OH is 1. The normalized spacial score (nSPS) is 25.1. The van der Waals surface area contributed by atoms with Crippen molar-refractivity contribution in [2.75, 3.05) is 6.54 Å². The van der Waals surface area contributed by atoms with E-state index in [-0.39, 0.29) is 23.6 Å². The topological polar surface area (TPSA) is 61.4 Å². The summed E-state index contributed by atoms with van der Waals surface area (Å²) in [5.74, 6) is 0. The van der Waals surface area contributed by atoms with Crippen LogP contribution in [-0.4, -0.2) is 29.8 Å². The Kier molecular flexibility index (Phi) is 5.25. The Morgan fingerprint density at radius 2 is 2.18 bits per heavy atom. The summed E-state index contributed by atoms with van der Waals surface area (Å²) in [6.45, 7) is 6.68. The van der Waals surface area contributed by atoms with Gasteiger partial charge >= 0.3 is 6.03 Å². The molecule has 0 aromatic rings. The van der Waals surface area contributed by atoms with Gasteiger partial charge in [0.2, 0.25) is 0 Å². The molecule has 0 aromatic heterocycles. The Morgan fingerprint density at radius 3 is 2.76 bits per heavy atom. The molecule has 3 N–H and O–H groups in total. The van der Waals surface area contributed by atoms with Crippen molar-refractivity contribution in [1.29, 1.82) is 0 Å². The summed E-state index contributed by atoms with van der Waals surface area (Å²) in [4.78, 5) is 11.7. The molecule has 2 atom stereocenters.